The third kappa shape index (κ3) is 29.4. The fourth-order valence-corrected chi connectivity index (χ4v) is 28.4. The van der Waals surface area contributed by atoms with Crippen LogP contribution in [0, 0.1) is 40.5 Å². The van der Waals surface area contributed by atoms with E-state index in [1.165, 1.54) is 99.1 Å². The third-order valence-corrected chi connectivity index (χ3v) is 35.2. The molecular weight excluding hydrogens is 2110 g/mol. The number of nitro groups is 4. The average Bonchev–Trinajstić information content (AvgIpc) is 1.28. The van der Waals surface area contributed by atoms with Crippen molar-refractivity contribution in [3.05, 3.63) is 259 Å². The predicted molar refractivity (Wildman–Crippen MR) is 455 cm³/mol. The summed E-state index contributed by atoms with van der Waals surface area (Å²) in [5.41, 5.74) is 11.9. The molecule has 0 aliphatic carbocycles. The maximum Gasteiger partial charge on any atom is 1.00 e. The van der Waals surface area contributed by atoms with Crippen LogP contribution in [0.15, 0.2) is 223 Å². The Morgan fingerprint density at radius 1 is 0.423 bits per heavy atom. The monoisotopic (exact) mass is 2170 g/mol. The van der Waals surface area contributed by atoms with Crippen LogP contribution in [0.25, 0.3) is 55.3 Å². The van der Waals surface area contributed by atoms with Crippen LogP contribution < -0.4 is 49.9 Å². The Kier molecular flexibility index (Phi) is 45.3. The van der Waals surface area contributed by atoms with Gasteiger partial charge in [0.2, 0.25) is 0 Å². The summed E-state index contributed by atoms with van der Waals surface area (Å²) in [5.74, 6) is 1.38. The van der Waals surface area contributed by atoms with E-state index in [0.717, 1.165) is 80.6 Å². The van der Waals surface area contributed by atoms with Crippen LogP contribution in [-0.2, 0) is 4.74 Å². The topological polar surface area (TPSA) is 262 Å². The zero-order valence-electron chi connectivity index (χ0n) is 57.3. The summed E-state index contributed by atoms with van der Waals surface area (Å²) in [6.45, 7) is 14.2. The zero-order valence-corrected chi connectivity index (χ0v) is 78.0. The van der Waals surface area contributed by atoms with Crippen LogP contribution in [0.1, 0.15) is 73.6 Å². The second-order valence-corrected chi connectivity index (χ2v) is 44.1. The molecule has 30 heteroatoms. The molecule has 0 aliphatic rings. The molecule has 0 unspecified atom stereocenters. The van der Waals surface area contributed by atoms with Crippen LogP contribution in [0.5, 0.6) is 11.5 Å². The van der Waals surface area contributed by atoms with Gasteiger partial charge >= 0.3 is 149 Å². The number of hydrogen-bond acceptors (Lipinski definition) is 14. The fourth-order valence-electron chi connectivity index (χ4n) is 10.2. The summed E-state index contributed by atoms with van der Waals surface area (Å²) >= 11 is 30.5. The van der Waals surface area contributed by atoms with Crippen molar-refractivity contribution in [3.8, 4) is 44.9 Å². The number of ether oxygens (including phenoxy) is 3. The fraction of sp³-hybridized carbons (Fsp3) is 0.243. The first-order valence-electron chi connectivity index (χ1n) is 31.2. The molecule has 0 amide bonds. The molecule has 104 heavy (non-hydrogen) atoms. The number of hydrogen-bond donors (Lipinski definition) is 1. The number of nitro benzene ring substituents is 4. The Bertz CT molecular complexity index is 4380. The standard InChI is InChI=1S/C13H9Br2NO3.C13H11Br2NO.C12H6Br2N2O4.C12H6Br2O.C6H3Br2NO2.C4H7O.3C4H9.CH3O.CH4.Na.Sn/c1-19-13-7-9(15)3-5-11(13)10-4-2-8(14)6-12(10)16(17)18;1-17-13-7-9(15)3-5-11(13)10-4-2-8(14)6-12(10)16;13-7-1-3-9(11(5-7)15(17)18)10-4-2-8(14)6-12(10)16(19)20;13-7-1-3-9-10-4-2-8(14)6-12(10)15-11(9)5-7;7-4-1-2-5(8)6(3-4)9(10)11;1-3-5-4-2;3*1-3-4-2;1-2;;;/h2-7H,1H3;2-7H,16H2,1H3;1-6H;1-6H;1-3H;1,4H2,2H3;3*1,3-4H2,2H3;1H3;1H4;;/q;;;;;;;;;-1;;+1;. The second-order valence-electron chi connectivity index (χ2n) is 21.9. The smallest absolute Gasteiger partial charge is 0.857 e. The molecule has 0 atom stereocenters. The van der Waals surface area contributed by atoms with Gasteiger partial charge in [0, 0.05) is 97.7 Å². The van der Waals surface area contributed by atoms with Crippen molar-refractivity contribution in [2.75, 3.05) is 33.7 Å². The average molecular weight is 2180 g/mol. The van der Waals surface area contributed by atoms with Crippen LogP contribution in [0.4, 0.5) is 28.4 Å². The van der Waals surface area contributed by atoms with Gasteiger partial charge in [0.1, 0.15) is 22.7 Å². The molecule has 0 saturated carbocycles. The molecular formula is C74H76Br10N5NaO13Sn. The van der Waals surface area contributed by atoms with E-state index < -0.39 is 38.1 Å². The van der Waals surface area contributed by atoms with E-state index >= 15 is 0 Å². The van der Waals surface area contributed by atoms with Gasteiger partial charge in [0.25, 0.3) is 22.7 Å². The number of rotatable bonds is 21. The molecule has 0 aliphatic heterocycles. The van der Waals surface area contributed by atoms with Crippen molar-refractivity contribution in [2.45, 2.75) is 87.0 Å². The minimum absolute atomic E-state index is 0. The van der Waals surface area contributed by atoms with E-state index in [0.29, 0.717) is 39.2 Å². The van der Waals surface area contributed by atoms with Gasteiger partial charge in [-0.1, -0.05) is 157 Å². The van der Waals surface area contributed by atoms with Gasteiger partial charge in [-0.3, -0.25) is 40.5 Å². The van der Waals surface area contributed by atoms with Crippen LogP contribution >= 0.6 is 159 Å². The quantitative estimate of drug-likeness (QED) is 0.0231. The van der Waals surface area contributed by atoms with Gasteiger partial charge in [0.05, 0.1) is 55.1 Å². The van der Waals surface area contributed by atoms with Gasteiger partial charge in [-0.05, 0) is 149 Å². The summed E-state index contributed by atoms with van der Waals surface area (Å²) in [6.07, 6.45) is 8.10. The number of nitrogen functional groups attached to an aromatic ring is 1. The van der Waals surface area contributed by atoms with Crippen molar-refractivity contribution < 1.29 is 73.0 Å². The molecule has 0 spiro atoms. The normalized spacial score (nSPS) is 10.2. The first-order valence-corrected chi connectivity index (χ1v) is 46.6. The van der Waals surface area contributed by atoms with Gasteiger partial charge < -0.3 is 24.7 Å². The number of nitrogens with two attached hydrogens (primary N) is 1. The van der Waals surface area contributed by atoms with Crippen molar-refractivity contribution in [1.82, 2.24) is 0 Å². The molecule has 2 N–H and O–H groups in total. The summed E-state index contributed by atoms with van der Waals surface area (Å²) in [7, 11) is 3.94. The maximum atomic E-state index is 11.1. The largest absolute Gasteiger partial charge is 1.00 e. The summed E-state index contributed by atoms with van der Waals surface area (Å²) in [4.78, 5) is 41.7. The van der Waals surface area contributed by atoms with Crippen molar-refractivity contribution in [3.63, 3.8) is 0 Å². The van der Waals surface area contributed by atoms with Crippen molar-refractivity contribution >= 4 is 228 Å². The van der Waals surface area contributed by atoms with E-state index in [1.54, 1.807) is 55.6 Å². The minimum atomic E-state index is -2.24. The molecule has 0 fully saturated rings. The Hall–Kier alpha value is -4.12. The molecule has 18 nitrogen and oxygen atoms in total. The molecule has 9 aromatic carbocycles. The summed E-state index contributed by atoms with van der Waals surface area (Å²) in [5, 5.41) is 54.2. The number of halogens is 10. The van der Waals surface area contributed by atoms with Crippen molar-refractivity contribution in [2.24, 2.45) is 0 Å². The first kappa shape index (κ1) is 96.0. The zero-order chi connectivity index (χ0) is 76.0. The number of methoxy groups -OCH3 is 2. The number of nitrogens with zero attached hydrogens (tertiary/aromatic N) is 4. The molecule has 550 valence electrons. The Morgan fingerprint density at radius 3 is 1.02 bits per heavy atom. The molecule has 0 bridgehead atoms. The SMILES string of the molecule is Brc1ccc2c(c1)oc1cc(Br)ccc12.C.C=[C](OCC)[Sn]([CH2]CCC)([CH2]CCC)[CH2]CCC.COc1cc(Br)ccc1-c1ccc(Br)cc1N.COc1cc(Br)ccc1-c1ccc(Br)cc1[N+](=O)[O-].C[O-].O=[N+]([O-])c1cc(Br)ccc1-c1ccc(Br)cc1[N+](=O)[O-].O=[N+]([O-])c1cc(Br)ccc1Br.[Na+]. The van der Waals surface area contributed by atoms with Gasteiger partial charge in [0.15, 0.2) is 0 Å². The van der Waals surface area contributed by atoms with Crippen LogP contribution in [0.2, 0.25) is 13.3 Å². The minimum Gasteiger partial charge on any atom is -0.857 e. The Morgan fingerprint density at radius 2 is 0.702 bits per heavy atom. The maximum absolute atomic E-state index is 11.1. The van der Waals surface area contributed by atoms with Crippen LogP contribution in [0.3, 0.4) is 0 Å². The third-order valence-electron chi connectivity index (χ3n) is 15.1. The number of anilines is 1. The van der Waals surface area contributed by atoms with Gasteiger partial charge in [-0.2, -0.15) is 7.11 Å². The molecule has 10 rings (SSSR count). The molecule has 10 aromatic rings. The summed E-state index contributed by atoms with van der Waals surface area (Å²) in [6, 6.07) is 47.9. The van der Waals surface area contributed by atoms with Gasteiger partial charge in [-0.25, -0.2) is 0 Å². The predicted octanol–water partition coefficient (Wildman–Crippen LogP) is 24.7. The number of unbranched alkanes of at least 4 members (excludes halogenated alkanes) is 3. The van der Waals surface area contributed by atoms with E-state index in [1.807, 2.05) is 66.7 Å². The van der Waals surface area contributed by atoms with Crippen molar-refractivity contribution in [1.29, 1.82) is 0 Å². The van der Waals surface area contributed by atoms with E-state index in [9.17, 15) is 40.5 Å². The summed E-state index contributed by atoms with van der Waals surface area (Å²) < 4.78 is 35.8. The Labute approximate surface area is 716 Å². The molecule has 1 heterocycles. The van der Waals surface area contributed by atoms with Crippen LogP contribution in [-0.4, -0.2) is 66.0 Å². The Balaban J connectivity index is 0.000000423. The van der Waals surface area contributed by atoms with E-state index in [-0.39, 0.29) is 70.9 Å². The molecule has 0 radical (unpaired) electrons. The molecule has 1 aromatic heterocycles. The number of furan rings is 1. The number of benzene rings is 9. The first-order chi connectivity index (χ1) is 48.5. The van der Waals surface area contributed by atoms with E-state index in [2.05, 4.69) is 206 Å². The van der Waals surface area contributed by atoms with E-state index in [4.69, 9.17) is 29.5 Å². The second kappa shape index (κ2) is 49.1. The molecule has 0 saturated heterocycles. The van der Waals surface area contributed by atoms with Gasteiger partial charge in [-0.15, -0.1) is 0 Å². The number of fused-ring (bicyclic) bond motifs is 3.